The SMILES string of the molecule is Nc1ccc(-c2ccncc2F)cc1Cl. The highest BCUT2D eigenvalue weighted by atomic mass is 35.5. The third-order valence-electron chi connectivity index (χ3n) is 2.08. The van der Waals surface area contributed by atoms with E-state index in [-0.39, 0.29) is 5.82 Å². The molecule has 0 atom stereocenters. The molecule has 2 aromatic rings. The predicted octanol–water partition coefficient (Wildman–Crippen LogP) is 3.12. The second-order valence-electron chi connectivity index (χ2n) is 3.09. The quantitative estimate of drug-likeness (QED) is 0.753. The molecule has 0 saturated heterocycles. The molecule has 0 unspecified atom stereocenters. The number of nitrogens with zero attached hydrogens (tertiary/aromatic N) is 1. The number of halogens is 2. The van der Waals surface area contributed by atoms with Gasteiger partial charge in [-0.2, -0.15) is 0 Å². The van der Waals surface area contributed by atoms with Gasteiger partial charge in [0.15, 0.2) is 0 Å². The maximum atomic E-state index is 13.4. The number of hydrogen-bond acceptors (Lipinski definition) is 2. The summed E-state index contributed by atoms with van der Waals surface area (Å²) < 4.78 is 13.4. The molecule has 2 N–H and O–H groups in total. The van der Waals surface area contributed by atoms with Crippen molar-refractivity contribution in [1.82, 2.24) is 4.98 Å². The van der Waals surface area contributed by atoms with Crippen molar-refractivity contribution in [3.8, 4) is 11.1 Å². The fraction of sp³-hybridized carbons (Fsp3) is 0. The van der Waals surface area contributed by atoms with Crippen molar-refractivity contribution in [2.45, 2.75) is 0 Å². The second kappa shape index (κ2) is 3.87. The van der Waals surface area contributed by atoms with Gasteiger partial charge in [-0.1, -0.05) is 17.7 Å². The molecule has 0 aliphatic heterocycles. The Kier molecular flexibility index (Phi) is 2.56. The summed E-state index contributed by atoms with van der Waals surface area (Å²) in [6, 6.07) is 6.60. The van der Waals surface area contributed by atoms with Gasteiger partial charge in [-0.05, 0) is 23.8 Å². The molecule has 4 heteroatoms. The van der Waals surface area contributed by atoms with Gasteiger partial charge in [0, 0.05) is 11.8 Å². The monoisotopic (exact) mass is 222 g/mol. The lowest BCUT2D eigenvalue weighted by molar-refractivity contribution is 0.625. The van der Waals surface area contributed by atoms with Gasteiger partial charge in [-0.15, -0.1) is 0 Å². The van der Waals surface area contributed by atoms with Crippen LogP contribution in [-0.4, -0.2) is 4.98 Å². The number of hydrogen-bond donors (Lipinski definition) is 1. The highest BCUT2D eigenvalue weighted by Gasteiger charge is 2.05. The summed E-state index contributed by atoms with van der Waals surface area (Å²) in [5.41, 5.74) is 7.20. The molecule has 2 nitrogen and oxygen atoms in total. The van der Waals surface area contributed by atoms with Crippen molar-refractivity contribution < 1.29 is 4.39 Å². The molecule has 1 aromatic carbocycles. The van der Waals surface area contributed by atoms with E-state index < -0.39 is 0 Å². The number of nitrogen functional groups attached to an aromatic ring is 1. The van der Waals surface area contributed by atoms with Crippen LogP contribution in [0.25, 0.3) is 11.1 Å². The summed E-state index contributed by atoms with van der Waals surface area (Å²) in [7, 11) is 0. The Labute approximate surface area is 91.5 Å². The zero-order valence-electron chi connectivity index (χ0n) is 7.74. The molecule has 0 saturated carbocycles. The Bertz CT molecular complexity index is 500. The highest BCUT2D eigenvalue weighted by molar-refractivity contribution is 6.33. The summed E-state index contributed by atoms with van der Waals surface area (Å²) in [4.78, 5) is 3.68. The zero-order valence-corrected chi connectivity index (χ0v) is 8.50. The van der Waals surface area contributed by atoms with Gasteiger partial charge in [-0.3, -0.25) is 4.98 Å². The fourth-order valence-electron chi connectivity index (χ4n) is 1.30. The molecule has 0 amide bonds. The number of pyridine rings is 1. The van der Waals surface area contributed by atoms with Crippen LogP contribution in [0.1, 0.15) is 0 Å². The third-order valence-corrected chi connectivity index (χ3v) is 2.41. The fourth-order valence-corrected chi connectivity index (χ4v) is 1.48. The number of aromatic nitrogens is 1. The number of nitrogens with two attached hydrogens (primary N) is 1. The van der Waals surface area contributed by atoms with Crippen LogP contribution in [0.4, 0.5) is 10.1 Å². The van der Waals surface area contributed by atoms with Gasteiger partial charge in [0.2, 0.25) is 0 Å². The summed E-state index contributed by atoms with van der Waals surface area (Å²) in [5, 5.41) is 0.420. The summed E-state index contributed by atoms with van der Waals surface area (Å²) >= 11 is 5.85. The van der Waals surface area contributed by atoms with Gasteiger partial charge in [-0.25, -0.2) is 4.39 Å². The molecule has 15 heavy (non-hydrogen) atoms. The van der Waals surface area contributed by atoms with Gasteiger partial charge >= 0.3 is 0 Å². The van der Waals surface area contributed by atoms with Crippen LogP contribution >= 0.6 is 11.6 Å². The molecule has 0 aliphatic rings. The maximum absolute atomic E-state index is 13.4. The molecule has 76 valence electrons. The van der Waals surface area contributed by atoms with Crippen molar-refractivity contribution in [3.05, 3.63) is 47.5 Å². The average Bonchev–Trinajstić information content (AvgIpc) is 2.23. The van der Waals surface area contributed by atoms with E-state index in [9.17, 15) is 4.39 Å². The lowest BCUT2D eigenvalue weighted by Gasteiger charge is -2.04. The van der Waals surface area contributed by atoms with Crippen LogP contribution < -0.4 is 5.73 Å². The lowest BCUT2D eigenvalue weighted by atomic mass is 10.1. The maximum Gasteiger partial charge on any atom is 0.149 e. The molecule has 1 heterocycles. The summed E-state index contributed by atoms with van der Waals surface area (Å²) in [5.74, 6) is -0.377. The lowest BCUT2D eigenvalue weighted by Crippen LogP contribution is -1.89. The number of anilines is 1. The Hall–Kier alpha value is -1.61. The van der Waals surface area contributed by atoms with Crippen LogP contribution in [-0.2, 0) is 0 Å². The van der Waals surface area contributed by atoms with E-state index in [4.69, 9.17) is 17.3 Å². The largest absolute Gasteiger partial charge is 0.398 e. The third kappa shape index (κ3) is 1.92. The molecular weight excluding hydrogens is 215 g/mol. The minimum Gasteiger partial charge on any atom is -0.398 e. The topological polar surface area (TPSA) is 38.9 Å². The number of benzene rings is 1. The van der Waals surface area contributed by atoms with Crippen LogP contribution in [0.5, 0.6) is 0 Å². The minimum absolute atomic E-state index is 0.377. The van der Waals surface area contributed by atoms with Gasteiger partial charge in [0.25, 0.3) is 0 Å². The molecule has 0 bridgehead atoms. The molecule has 2 rings (SSSR count). The van der Waals surface area contributed by atoms with E-state index in [0.717, 1.165) is 0 Å². The Morgan fingerprint density at radius 2 is 2.07 bits per heavy atom. The van der Waals surface area contributed by atoms with Crippen LogP contribution in [0.3, 0.4) is 0 Å². The van der Waals surface area contributed by atoms with Crippen molar-refractivity contribution >= 4 is 17.3 Å². The van der Waals surface area contributed by atoms with Crippen molar-refractivity contribution in [1.29, 1.82) is 0 Å². The molecule has 0 fully saturated rings. The van der Waals surface area contributed by atoms with Crippen LogP contribution in [0, 0.1) is 5.82 Å². The van der Waals surface area contributed by atoms with Gasteiger partial charge in [0.05, 0.1) is 16.9 Å². The van der Waals surface area contributed by atoms with E-state index in [1.807, 2.05) is 0 Å². The zero-order chi connectivity index (χ0) is 10.8. The normalized spacial score (nSPS) is 10.3. The molecular formula is C11H8ClFN2. The van der Waals surface area contributed by atoms with E-state index >= 15 is 0 Å². The van der Waals surface area contributed by atoms with E-state index in [2.05, 4.69) is 4.98 Å². The summed E-state index contributed by atoms with van der Waals surface area (Å²) in [6.45, 7) is 0. The van der Waals surface area contributed by atoms with Crippen molar-refractivity contribution in [2.75, 3.05) is 5.73 Å². The predicted molar refractivity (Wildman–Crippen MR) is 59.1 cm³/mol. The first-order chi connectivity index (χ1) is 7.18. The van der Waals surface area contributed by atoms with Crippen molar-refractivity contribution in [2.24, 2.45) is 0 Å². The highest BCUT2D eigenvalue weighted by Crippen LogP contribution is 2.27. The van der Waals surface area contributed by atoms with Gasteiger partial charge < -0.3 is 5.73 Å². The molecule has 1 aromatic heterocycles. The van der Waals surface area contributed by atoms with Crippen LogP contribution in [0.2, 0.25) is 5.02 Å². The standard InChI is InChI=1S/C11H8ClFN2/c12-9-5-7(1-2-11(9)14)8-3-4-15-6-10(8)13/h1-6H,14H2. The van der Waals surface area contributed by atoms with E-state index in [0.29, 0.717) is 21.8 Å². The first kappa shape index (κ1) is 9.93. The van der Waals surface area contributed by atoms with Crippen molar-refractivity contribution in [3.63, 3.8) is 0 Å². The van der Waals surface area contributed by atoms with Gasteiger partial charge in [0.1, 0.15) is 5.82 Å². The first-order valence-corrected chi connectivity index (χ1v) is 4.71. The molecule has 0 aliphatic carbocycles. The second-order valence-corrected chi connectivity index (χ2v) is 3.50. The summed E-state index contributed by atoms with van der Waals surface area (Å²) in [6.07, 6.45) is 2.70. The van der Waals surface area contributed by atoms with E-state index in [1.54, 1.807) is 24.3 Å². The minimum atomic E-state index is -0.377. The average molecular weight is 223 g/mol. The first-order valence-electron chi connectivity index (χ1n) is 4.33. The Balaban J connectivity index is 2.55. The Morgan fingerprint density at radius 1 is 1.27 bits per heavy atom. The number of rotatable bonds is 1. The smallest absolute Gasteiger partial charge is 0.149 e. The van der Waals surface area contributed by atoms with Crippen LogP contribution in [0.15, 0.2) is 36.7 Å². The van der Waals surface area contributed by atoms with E-state index in [1.165, 1.54) is 12.4 Å². The molecule has 0 radical (unpaired) electrons. The molecule has 0 spiro atoms. The Morgan fingerprint density at radius 3 is 2.73 bits per heavy atom.